The monoisotopic (exact) mass is 214 g/mol. The van der Waals surface area contributed by atoms with Gasteiger partial charge >= 0.3 is 0 Å². The van der Waals surface area contributed by atoms with Gasteiger partial charge in [-0.15, -0.1) is 0 Å². The molecule has 0 saturated heterocycles. The summed E-state index contributed by atoms with van der Waals surface area (Å²) in [6.45, 7) is 6.66. The van der Waals surface area contributed by atoms with Gasteiger partial charge in [0, 0.05) is 12.4 Å². The number of nitrogens with one attached hydrogen (secondary N) is 1. The van der Waals surface area contributed by atoms with Crippen LogP contribution in [0.5, 0.6) is 0 Å². The van der Waals surface area contributed by atoms with Crippen LogP contribution in [0.2, 0.25) is 0 Å². The smallest absolute Gasteiger partial charge is 0.126 e. The highest BCUT2D eigenvalue weighted by Gasteiger charge is 2.13. The van der Waals surface area contributed by atoms with Gasteiger partial charge in [0.15, 0.2) is 0 Å². The molecule has 16 heavy (non-hydrogen) atoms. The van der Waals surface area contributed by atoms with Crippen LogP contribution >= 0.6 is 0 Å². The van der Waals surface area contributed by atoms with Gasteiger partial charge in [-0.1, -0.05) is 32.9 Å². The Hall–Kier alpha value is -1.57. The topological polar surface area (TPSA) is 24.9 Å². The Balaban J connectivity index is 2.59. The molecule has 1 aromatic carbocycles. The Morgan fingerprint density at radius 1 is 1.06 bits per heavy atom. The standard InChI is InChI=1S/C14H18N2/c1-14(2,3)11-7-5-10-6-8-13(15-4)16-12(10)9-11/h5-9H,1-4H3,(H,15,16). The fraction of sp³-hybridized carbons (Fsp3) is 0.357. The fourth-order valence-corrected chi connectivity index (χ4v) is 1.72. The first kappa shape index (κ1) is 10.9. The summed E-state index contributed by atoms with van der Waals surface area (Å²) in [6.07, 6.45) is 0. The molecule has 0 atom stereocenters. The number of pyridine rings is 1. The first-order valence-corrected chi connectivity index (χ1v) is 5.60. The lowest BCUT2D eigenvalue weighted by atomic mass is 9.86. The first-order chi connectivity index (χ1) is 7.50. The molecule has 1 aromatic heterocycles. The zero-order valence-electron chi connectivity index (χ0n) is 10.3. The van der Waals surface area contributed by atoms with E-state index in [0.29, 0.717) is 0 Å². The number of hydrogen-bond acceptors (Lipinski definition) is 2. The number of anilines is 1. The van der Waals surface area contributed by atoms with Crippen LogP contribution in [0.25, 0.3) is 10.9 Å². The van der Waals surface area contributed by atoms with Crippen molar-refractivity contribution in [1.29, 1.82) is 0 Å². The third kappa shape index (κ3) is 2.01. The number of fused-ring (bicyclic) bond motifs is 1. The van der Waals surface area contributed by atoms with E-state index in [9.17, 15) is 0 Å². The third-order valence-electron chi connectivity index (χ3n) is 2.81. The Labute approximate surface area is 96.7 Å². The molecule has 2 aromatic rings. The quantitative estimate of drug-likeness (QED) is 0.785. The van der Waals surface area contributed by atoms with Crippen LogP contribution in [0.3, 0.4) is 0 Å². The van der Waals surface area contributed by atoms with E-state index in [-0.39, 0.29) is 5.41 Å². The summed E-state index contributed by atoms with van der Waals surface area (Å²) in [5, 5.41) is 4.25. The largest absolute Gasteiger partial charge is 0.373 e. The molecule has 0 unspecified atom stereocenters. The highest BCUT2D eigenvalue weighted by molar-refractivity contribution is 5.81. The minimum atomic E-state index is 0.172. The van der Waals surface area contributed by atoms with Crippen LogP contribution in [-0.2, 0) is 5.41 Å². The molecule has 1 heterocycles. The number of benzene rings is 1. The summed E-state index contributed by atoms with van der Waals surface area (Å²) in [4.78, 5) is 4.56. The number of rotatable bonds is 1. The lowest BCUT2D eigenvalue weighted by Crippen LogP contribution is -2.10. The molecule has 0 amide bonds. The number of aromatic nitrogens is 1. The van der Waals surface area contributed by atoms with Crippen molar-refractivity contribution in [3.05, 3.63) is 35.9 Å². The Morgan fingerprint density at radius 2 is 1.75 bits per heavy atom. The maximum absolute atomic E-state index is 4.56. The summed E-state index contributed by atoms with van der Waals surface area (Å²) < 4.78 is 0. The Bertz CT molecular complexity index is 510. The van der Waals surface area contributed by atoms with Gasteiger partial charge in [0.25, 0.3) is 0 Å². The van der Waals surface area contributed by atoms with Crippen molar-refractivity contribution in [2.45, 2.75) is 26.2 Å². The summed E-state index contributed by atoms with van der Waals surface area (Å²) in [7, 11) is 1.89. The average Bonchev–Trinajstić information content (AvgIpc) is 2.26. The first-order valence-electron chi connectivity index (χ1n) is 5.60. The maximum Gasteiger partial charge on any atom is 0.126 e. The van der Waals surface area contributed by atoms with Crippen LogP contribution in [0.1, 0.15) is 26.3 Å². The normalized spacial score (nSPS) is 11.8. The zero-order chi connectivity index (χ0) is 11.8. The highest BCUT2D eigenvalue weighted by Crippen LogP contribution is 2.25. The van der Waals surface area contributed by atoms with Crippen LogP contribution in [-0.4, -0.2) is 12.0 Å². The van der Waals surface area contributed by atoms with Gasteiger partial charge in [0.1, 0.15) is 5.82 Å². The van der Waals surface area contributed by atoms with Gasteiger partial charge in [-0.3, -0.25) is 0 Å². The minimum absolute atomic E-state index is 0.172. The minimum Gasteiger partial charge on any atom is -0.373 e. The van der Waals surface area contributed by atoms with Gasteiger partial charge in [-0.2, -0.15) is 0 Å². The molecular formula is C14H18N2. The van der Waals surface area contributed by atoms with E-state index in [1.54, 1.807) is 0 Å². The van der Waals surface area contributed by atoms with Crippen molar-refractivity contribution >= 4 is 16.7 Å². The molecule has 0 fully saturated rings. The molecule has 0 saturated carbocycles. The molecule has 84 valence electrons. The van der Waals surface area contributed by atoms with Crippen molar-refractivity contribution in [2.24, 2.45) is 0 Å². The Morgan fingerprint density at radius 3 is 2.38 bits per heavy atom. The lowest BCUT2D eigenvalue weighted by Gasteiger charge is -2.19. The van der Waals surface area contributed by atoms with Crippen LogP contribution in [0, 0.1) is 0 Å². The average molecular weight is 214 g/mol. The van der Waals surface area contributed by atoms with Crippen LogP contribution < -0.4 is 5.32 Å². The van der Waals surface area contributed by atoms with E-state index in [1.165, 1.54) is 10.9 Å². The van der Waals surface area contributed by atoms with Gasteiger partial charge in [-0.05, 0) is 29.2 Å². The number of hydrogen-bond donors (Lipinski definition) is 1. The molecule has 2 rings (SSSR count). The molecule has 2 nitrogen and oxygen atoms in total. The number of nitrogens with zero attached hydrogens (tertiary/aromatic N) is 1. The molecule has 0 bridgehead atoms. The van der Waals surface area contributed by atoms with E-state index in [0.717, 1.165) is 11.3 Å². The summed E-state index contributed by atoms with van der Waals surface area (Å²) in [5.74, 6) is 0.915. The van der Waals surface area contributed by atoms with E-state index in [2.05, 4.69) is 55.3 Å². The molecule has 0 aliphatic heterocycles. The molecule has 0 aliphatic rings. The summed E-state index contributed by atoms with van der Waals surface area (Å²) in [6, 6.07) is 10.6. The maximum atomic E-state index is 4.56. The van der Waals surface area contributed by atoms with Crippen molar-refractivity contribution in [2.75, 3.05) is 12.4 Å². The predicted octanol–water partition coefficient (Wildman–Crippen LogP) is 3.57. The molecule has 0 radical (unpaired) electrons. The van der Waals surface area contributed by atoms with Crippen molar-refractivity contribution in [1.82, 2.24) is 4.98 Å². The second-order valence-electron chi connectivity index (χ2n) is 5.10. The van der Waals surface area contributed by atoms with Crippen LogP contribution in [0.15, 0.2) is 30.3 Å². The molecule has 0 spiro atoms. The molecular weight excluding hydrogens is 196 g/mol. The van der Waals surface area contributed by atoms with Gasteiger partial charge in [-0.25, -0.2) is 4.98 Å². The van der Waals surface area contributed by atoms with E-state index < -0.39 is 0 Å². The van der Waals surface area contributed by atoms with Gasteiger partial charge in [0.05, 0.1) is 5.52 Å². The van der Waals surface area contributed by atoms with E-state index in [4.69, 9.17) is 0 Å². The fourth-order valence-electron chi connectivity index (χ4n) is 1.72. The highest BCUT2D eigenvalue weighted by atomic mass is 15.0. The van der Waals surface area contributed by atoms with Crippen molar-refractivity contribution < 1.29 is 0 Å². The van der Waals surface area contributed by atoms with E-state index in [1.807, 2.05) is 13.1 Å². The van der Waals surface area contributed by atoms with Crippen LogP contribution in [0.4, 0.5) is 5.82 Å². The lowest BCUT2D eigenvalue weighted by molar-refractivity contribution is 0.591. The predicted molar refractivity (Wildman–Crippen MR) is 70.0 cm³/mol. The van der Waals surface area contributed by atoms with Crippen molar-refractivity contribution in [3.8, 4) is 0 Å². The molecule has 0 aliphatic carbocycles. The second kappa shape index (κ2) is 3.78. The van der Waals surface area contributed by atoms with Gasteiger partial charge in [0.2, 0.25) is 0 Å². The third-order valence-corrected chi connectivity index (χ3v) is 2.81. The summed E-state index contributed by atoms with van der Waals surface area (Å²) >= 11 is 0. The zero-order valence-corrected chi connectivity index (χ0v) is 10.3. The molecule has 1 N–H and O–H groups in total. The Kier molecular flexibility index (Phi) is 2.58. The summed E-state index contributed by atoms with van der Waals surface area (Å²) in [5.41, 5.74) is 2.55. The van der Waals surface area contributed by atoms with Gasteiger partial charge < -0.3 is 5.32 Å². The van der Waals surface area contributed by atoms with Crippen molar-refractivity contribution in [3.63, 3.8) is 0 Å². The van der Waals surface area contributed by atoms with E-state index >= 15 is 0 Å². The molecule has 2 heteroatoms. The second-order valence-corrected chi connectivity index (χ2v) is 5.10. The SMILES string of the molecule is CNc1ccc2ccc(C(C)(C)C)cc2n1.